The largest absolute Gasteiger partial charge is 0.463 e. The zero-order chi connectivity index (χ0) is 7.68. The zero-order valence-electron chi connectivity index (χ0n) is 6.32. The van der Waals surface area contributed by atoms with E-state index in [1.54, 1.807) is 0 Å². The molecule has 2 aliphatic rings. The normalized spacial score (nSPS) is 31.3. The average Bonchev–Trinajstić information content (AvgIpc) is 2.04. The van der Waals surface area contributed by atoms with E-state index in [9.17, 15) is 4.79 Å². The molecule has 0 aromatic heterocycles. The van der Waals surface area contributed by atoms with Crippen molar-refractivity contribution in [2.75, 3.05) is 19.7 Å². The number of nitrogens with zero attached hydrogens (tertiary/aromatic N) is 1. The van der Waals surface area contributed by atoms with Crippen LogP contribution < -0.4 is 0 Å². The summed E-state index contributed by atoms with van der Waals surface area (Å²) in [7, 11) is 0. The van der Waals surface area contributed by atoms with E-state index in [4.69, 9.17) is 4.74 Å². The molecule has 1 fully saturated rings. The Labute approximate surface area is 65.6 Å². The van der Waals surface area contributed by atoms with E-state index in [-0.39, 0.29) is 5.97 Å². The topological polar surface area (TPSA) is 29.5 Å². The average molecular weight is 153 g/mol. The predicted octanol–water partition coefficient (Wildman–Crippen LogP) is 0.174. The highest BCUT2D eigenvalue weighted by Gasteiger charge is 2.26. The van der Waals surface area contributed by atoms with Gasteiger partial charge < -0.3 is 4.74 Å². The zero-order valence-corrected chi connectivity index (χ0v) is 6.32. The highest BCUT2D eigenvalue weighted by Crippen LogP contribution is 2.13. The van der Waals surface area contributed by atoms with Crippen LogP contribution in [-0.4, -0.2) is 36.6 Å². The van der Waals surface area contributed by atoms with Gasteiger partial charge in [0.1, 0.15) is 6.61 Å². The van der Waals surface area contributed by atoms with Gasteiger partial charge in [-0.1, -0.05) is 12.2 Å². The molecule has 2 aliphatic heterocycles. The number of hydrogen-bond donors (Lipinski definition) is 0. The van der Waals surface area contributed by atoms with Crippen molar-refractivity contribution < 1.29 is 9.53 Å². The standard InChI is InChI=1S/C8H11NO2/c10-8-5-9-4-2-1-3-7(9)6-11-8/h1,3,7H,2,4-6H2. The number of esters is 1. The molecule has 0 aromatic carbocycles. The Bertz CT molecular complexity index is 200. The van der Waals surface area contributed by atoms with Crippen LogP contribution in [0.5, 0.6) is 0 Å². The molecule has 0 aliphatic carbocycles. The van der Waals surface area contributed by atoms with Crippen LogP contribution in [0, 0.1) is 0 Å². The van der Waals surface area contributed by atoms with Crippen LogP contribution in [0.1, 0.15) is 6.42 Å². The molecular formula is C8H11NO2. The van der Waals surface area contributed by atoms with Crippen molar-refractivity contribution in [3.63, 3.8) is 0 Å². The summed E-state index contributed by atoms with van der Waals surface area (Å²) in [6, 6.07) is 0.349. The first-order chi connectivity index (χ1) is 5.36. The van der Waals surface area contributed by atoms with Crippen LogP contribution in [0.3, 0.4) is 0 Å². The minimum atomic E-state index is -0.0865. The number of cyclic esters (lactones) is 1. The SMILES string of the molecule is O=C1CN2CCC=CC2CO1. The Morgan fingerprint density at radius 2 is 2.55 bits per heavy atom. The van der Waals surface area contributed by atoms with Crippen molar-refractivity contribution in [1.82, 2.24) is 4.90 Å². The fourth-order valence-electron chi connectivity index (χ4n) is 1.53. The summed E-state index contributed by atoms with van der Waals surface area (Å²) in [5.74, 6) is -0.0865. The third-order valence-corrected chi connectivity index (χ3v) is 2.16. The molecule has 2 heterocycles. The lowest BCUT2D eigenvalue weighted by molar-refractivity contribution is -0.153. The maximum absolute atomic E-state index is 10.8. The smallest absolute Gasteiger partial charge is 0.320 e. The Hall–Kier alpha value is -0.830. The quantitative estimate of drug-likeness (QED) is 0.367. The van der Waals surface area contributed by atoms with Crippen molar-refractivity contribution in [3.8, 4) is 0 Å². The minimum absolute atomic E-state index is 0.0865. The van der Waals surface area contributed by atoms with Gasteiger partial charge in [0.05, 0.1) is 12.6 Å². The molecule has 1 saturated heterocycles. The lowest BCUT2D eigenvalue weighted by atomic mass is 10.1. The lowest BCUT2D eigenvalue weighted by Gasteiger charge is -2.34. The second kappa shape index (κ2) is 2.66. The van der Waals surface area contributed by atoms with E-state index in [1.165, 1.54) is 0 Å². The summed E-state index contributed by atoms with van der Waals surface area (Å²) < 4.78 is 4.92. The van der Waals surface area contributed by atoms with Crippen molar-refractivity contribution in [2.24, 2.45) is 0 Å². The van der Waals surface area contributed by atoms with E-state index in [0.29, 0.717) is 19.2 Å². The molecule has 3 heteroatoms. The van der Waals surface area contributed by atoms with Gasteiger partial charge >= 0.3 is 5.97 Å². The van der Waals surface area contributed by atoms with Crippen LogP contribution in [0.15, 0.2) is 12.2 Å². The Morgan fingerprint density at radius 1 is 1.64 bits per heavy atom. The molecule has 60 valence electrons. The molecule has 2 rings (SSSR count). The lowest BCUT2D eigenvalue weighted by Crippen LogP contribution is -2.48. The van der Waals surface area contributed by atoms with Gasteiger partial charge in [-0.2, -0.15) is 0 Å². The second-order valence-electron chi connectivity index (χ2n) is 2.94. The monoisotopic (exact) mass is 153 g/mol. The van der Waals surface area contributed by atoms with Crippen molar-refractivity contribution >= 4 is 5.97 Å². The first-order valence-electron chi connectivity index (χ1n) is 3.92. The summed E-state index contributed by atoms with van der Waals surface area (Å²) in [6.45, 7) is 2.00. The van der Waals surface area contributed by atoms with Gasteiger partial charge in [-0.25, -0.2) is 0 Å². The summed E-state index contributed by atoms with van der Waals surface area (Å²) in [6.07, 6.45) is 5.33. The first-order valence-corrected chi connectivity index (χ1v) is 3.92. The summed E-state index contributed by atoms with van der Waals surface area (Å²) in [5.41, 5.74) is 0. The molecule has 0 radical (unpaired) electrons. The number of carbonyl (C=O) groups excluding carboxylic acids is 1. The number of rotatable bonds is 0. The highest BCUT2D eigenvalue weighted by molar-refractivity contribution is 5.72. The van der Waals surface area contributed by atoms with Crippen LogP contribution in [-0.2, 0) is 9.53 Å². The van der Waals surface area contributed by atoms with Crippen LogP contribution >= 0.6 is 0 Å². The number of morpholine rings is 1. The third-order valence-electron chi connectivity index (χ3n) is 2.16. The van der Waals surface area contributed by atoms with Gasteiger partial charge in [0.25, 0.3) is 0 Å². The van der Waals surface area contributed by atoms with Gasteiger partial charge in [0.2, 0.25) is 0 Å². The first kappa shape index (κ1) is 6.85. The molecule has 0 N–H and O–H groups in total. The van der Waals surface area contributed by atoms with Gasteiger partial charge in [-0.3, -0.25) is 9.69 Å². The maximum Gasteiger partial charge on any atom is 0.320 e. The van der Waals surface area contributed by atoms with E-state index >= 15 is 0 Å². The number of fused-ring (bicyclic) bond motifs is 1. The van der Waals surface area contributed by atoms with E-state index in [1.807, 2.05) is 0 Å². The van der Waals surface area contributed by atoms with Crippen molar-refractivity contribution in [3.05, 3.63) is 12.2 Å². The number of ether oxygens (including phenoxy) is 1. The van der Waals surface area contributed by atoms with Crippen molar-refractivity contribution in [1.29, 1.82) is 0 Å². The third kappa shape index (κ3) is 1.28. The summed E-state index contributed by atoms with van der Waals surface area (Å²) in [5, 5.41) is 0. The second-order valence-corrected chi connectivity index (χ2v) is 2.94. The van der Waals surface area contributed by atoms with Gasteiger partial charge in [0, 0.05) is 6.54 Å². The molecule has 1 atom stereocenters. The Kier molecular flexibility index (Phi) is 1.66. The number of carbonyl (C=O) groups is 1. The van der Waals surface area contributed by atoms with E-state index in [0.717, 1.165) is 13.0 Å². The fraction of sp³-hybridized carbons (Fsp3) is 0.625. The molecule has 11 heavy (non-hydrogen) atoms. The van der Waals surface area contributed by atoms with E-state index in [2.05, 4.69) is 17.1 Å². The van der Waals surface area contributed by atoms with Crippen LogP contribution in [0.2, 0.25) is 0 Å². The van der Waals surface area contributed by atoms with Crippen LogP contribution in [0.4, 0.5) is 0 Å². The molecule has 3 nitrogen and oxygen atoms in total. The van der Waals surface area contributed by atoms with Crippen molar-refractivity contribution in [2.45, 2.75) is 12.5 Å². The fourth-order valence-corrected chi connectivity index (χ4v) is 1.53. The van der Waals surface area contributed by atoms with E-state index < -0.39 is 0 Å². The van der Waals surface area contributed by atoms with Gasteiger partial charge in [-0.05, 0) is 6.42 Å². The molecule has 0 spiro atoms. The molecule has 0 saturated carbocycles. The highest BCUT2D eigenvalue weighted by atomic mass is 16.5. The minimum Gasteiger partial charge on any atom is -0.463 e. The molecule has 0 amide bonds. The number of hydrogen-bond acceptors (Lipinski definition) is 3. The Morgan fingerprint density at radius 3 is 3.45 bits per heavy atom. The van der Waals surface area contributed by atoms with Crippen LogP contribution in [0.25, 0.3) is 0 Å². The maximum atomic E-state index is 10.8. The van der Waals surface area contributed by atoms with Gasteiger partial charge in [0.15, 0.2) is 0 Å². The molecule has 0 bridgehead atoms. The summed E-state index contributed by atoms with van der Waals surface area (Å²) >= 11 is 0. The molecular weight excluding hydrogens is 142 g/mol. The Balaban J connectivity index is 2.07. The van der Waals surface area contributed by atoms with Gasteiger partial charge in [-0.15, -0.1) is 0 Å². The molecule has 0 aromatic rings. The predicted molar refractivity (Wildman–Crippen MR) is 40.1 cm³/mol. The summed E-state index contributed by atoms with van der Waals surface area (Å²) in [4.78, 5) is 13.0. The molecule has 1 unspecified atom stereocenters.